The van der Waals surface area contributed by atoms with Crippen LogP contribution in [0.5, 0.6) is 5.75 Å². The Kier molecular flexibility index (Phi) is 5.74. The largest absolute Gasteiger partial charge is 0.493 e. The molecule has 1 aliphatic rings. The number of fused-ring (bicyclic) bond motifs is 1. The molecule has 0 spiro atoms. The van der Waals surface area contributed by atoms with E-state index in [1.807, 2.05) is 67.6 Å². The molecule has 6 heteroatoms. The monoisotopic (exact) mass is 467 g/mol. The number of hydrogen-bond acceptors (Lipinski definition) is 4. The van der Waals surface area contributed by atoms with Gasteiger partial charge in [0.2, 0.25) is 0 Å². The van der Waals surface area contributed by atoms with Crippen molar-refractivity contribution in [2.45, 2.75) is 13.5 Å². The molecule has 0 aliphatic carbocycles. The van der Waals surface area contributed by atoms with Crippen molar-refractivity contribution in [3.8, 4) is 5.75 Å². The van der Waals surface area contributed by atoms with Crippen LogP contribution in [-0.2, 0) is 11.3 Å². The van der Waals surface area contributed by atoms with Crippen molar-refractivity contribution >= 4 is 55.7 Å². The number of ether oxygens (including phenoxy) is 1. The van der Waals surface area contributed by atoms with Gasteiger partial charge in [0.25, 0.3) is 11.1 Å². The first kappa shape index (κ1) is 19.7. The van der Waals surface area contributed by atoms with Gasteiger partial charge in [-0.05, 0) is 59.3 Å². The maximum Gasteiger partial charge on any atom is 0.293 e. The van der Waals surface area contributed by atoms with Gasteiger partial charge >= 0.3 is 0 Å². The number of rotatable bonds is 5. The van der Waals surface area contributed by atoms with Crippen LogP contribution in [0.3, 0.4) is 0 Å². The van der Waals surface area contributed by atoms with Crippen LogP contribution < -0.4 is 4.74 Å². The highest BCUT2D eigenvalue weighted by Crippen LogP contribution is 2.37. The first-order chi connectivity index (χ1) is 14.1. The molecule has 29 heavy (non-hydrogen) atoms. The third-order valence-electron chi connectivity index (χ3n) is 4.63. The van der Waals surface area contributed by atoms with E-state index in [0.29, 0.717) is 17.3 Å². The number of imide groups is 1. The molecular formula is C23H18BrNO3S. The van der Waals surface area contributed by atoms with Gasteiger partial charge in [0.1, 0.15) is 5.75 Å². The molecule has 4 rings (SSSR count). The minimum absolute atomic E-state index is 0.253. The van der Waals surface area contributed by atoms with Crippen LogP contribution in [0.1, 0.15) is 18.1 Å². The Morgan fingerprint density at radius 3 is 2.55 bits per heavy atom. The Balaban J connectivity index is 1.70. The summed E-state index contributed by atoms with van der Waals surface area (Å²) in [6, 6.07) is 19.4. The van der Waals surface area contributed by atoms with Gasteiger partial charge in [-0.1, -0.05) is 58.4 Å². The average Bonchev–Trinajstić information content (AvgIpc) is 2.99. The summed E-state index contributed by atoms with van der Waals surface area (Å²) in [5.74, 6) is 0.421. The summed E-state index contributed by atoms with van der Waals surface area (Å²) < 4.78 is 6.74. The molecule has 1 fully saturated rings. The van der Waals surface area contributed by atoms with Crippen LogP contribution in [0.25, 0.3) is 16.8 Å². The van der Waals surface area contributed by atoms with Crippen molar-refractivity contribution in [3.05, 3.63) is 81.2 Å². The molecule has 0 aromatic heterocycles. The number of amides is 2. The summed E-state index contributed by atoms with van der Waals surface area (Å²) in [5.41, 5.74) is 1.72. The Hall–Kier alpha value is -2.57. The minimum Gasteiger partial charge on any atom is -0.493 e. The van der Waals surface area contributed by atoms with E-state index in [-0.39, 0.29) is 17.7 Å². The highest BCUT2D eigenvalue weighted by atomic mass is 79.9. The number of carbonyl (C=O) groups excluding carboxylic acids is 2. The first-order valence-electron chi connectivity index (χ1n) is 9.21. The van der Waals surface area contributed by atoms with Crippen molar-refractivity contribution in [3.63, 3.8) is 0 Å². The summed E-state index contributed by atoms with van der Waals surface area (Å²) in [6.07, 6.45) is 1.78. The summed E-state index contributed by atoms with van der Waals surface area (Å²) >= 11 is 4.36. The van der Waals surface area contributed by atoms with Crippen molar-refractivity contribution in [2.75, 3.05) is 6.61 Å². The molecule has 0 atom stereocenters. The predicted molar refractivity (Wildman–Crippen MR) is 121 cm³/mol. The number of nitrogens with zero attached hydrogens (tertiary/aromatic N) is 1. The summed E-state index contributed by atoms with van der Waals surface area (Å²) in [7, 11) is 0. The van der Waals surface area contributed by atoms with E-state index in [2.05, 4.69) is 15.9 Å². The Labute approximate surface area is 181 Å². The molecule has 3 aromatic rings. The van der Waals surface area contributed by atoms with Crippen LogP contribution >= 0.6 is 27.7 Å². The topological polar surface area (TPSA) is 46.6 Å². The smallest absolute Gasteiger partial charge is 0.293 e. The van der Waals surface area contributed by atoms with Gasteiger partial charge in [0.15, 0.2) is 0 Å². The fourth-order valence-corrected chi connectivity index (χ4v) is 4.33. The predicted octanol–water partition coefficient (Wildman–Crippen LogP) is 6.24. The van der Waals surface area contributed by atoms with E-state index in [9.17, 15) is 9.59 Å². The lowest BCUT2D eigenvalue weighted by Gasteiger charge is -2.13. The normalized spacial score (nSPS) is 15.5. The van der Waals surface area contributed by atoms with Gasteiger partial charge in [0.05, 0.1) is 18.1 Å². The second-order valence-corrected chi connectivity index (χ2v) is 8.43. The van der Waals surface area contributed by atoms with Crippen molar-refractivity contribution < 1.29 is 14.3 Å². The molecule has 0 N–H and O–H groups in total. The van der Waals surface area contributed by atoms with E-state index in [4.69, 9.17) is 4.74 Å². The summed E-state index contributed by atoms with van der Waals surface area (Å²) in [5, 5.41) is 1.77. The van der Waals surface area contributed by atoms with Crippen molar-refractivity contribution in [2.24, 2.45) is 0 Å². The number of halogens is 1. The number of hydrogen-bond donors (Lipinski definition) is 0. The van der Waals surface area contributed by atoms with Crippen LogP contribution in [-0.4, -0.2) is 22.7 Å². The third-order valence-corrected chi connectivity index (χ3v) is 6.07. The molecule has 0 bridgehead atoms. The molecule has 1 heterocycles. The van der Waals surface area contributed by atoms with Crippen molar-refractivity contribution in [1.29, 1.82) is 0 Å². The molecule has 146 valence electrons. The Bertz CT molecular complexity index is 1120. The van der Waals surface area contributed by atoms with Crippen LogP contribution in [0, 0.1) is 0 Å². The summed E-state index contributed by atoms with van der Waals surface area (Å²) in [6.45, 7) is 2.69. The lowest BCUT2D eigenvalue weighted by molar-refractivity contribution is -0.123. The van der Waals surface area contributed by atoms with E-state index >= 15 is 0 Å². The summed E-state index contributed by atoms with van der Waals surface area (Å²) in [4.78, 5) is 27.2. The second kappa shape index (κ2) is 8.43. The number of benzene rings is 3. The standard InChI is InChI=1S/C23H18BrNO3S/c1-2-28-20-12-9-16-5-3-4-6-18(16)19(20)13-21-22(26)25(23(27)29-21)14-15-7-10-17(24)11-8-15/h3-13H,2,14H2,1H3/b21-13-. The maximum atomic E-state index is 13.0. The molecule has 4 nitrogen and oxygen atoms in total. The number of thioether (sulfide) groups is 1. The Morgan fingerprint density at radius 2 is 1.79 bits per heavy atom. The zero-order valence-electron chi connectivity index (χ0n) is 15.7. The van der Waals surface area contributed by atoms with Gasteiger partial charge in [-0.25, -0.2) is 0 Å². The van der Waals surface area contributed by atoms with E-state index in [0.717, 1.165) is 38.1 Å². The van der Waals surface area contributed by atoms with Crippen LogP contribution in [0.2, 0.25) is 0 Å². The van der Waals surface area contributed by atoms with Crippen molar-refractivity contribution in [1.82, 2.24) is 4.90 Å². The van der Waals surface area contributed by atoms with E-state index < -0.39 is 0 Å². The van der Waals surface area contributed by atoms with Crippen LogP contribution in [0.4, 0.5) is 4.79 Å². The Morgan fingerprint density at radius 1 is 1.03 bits per heavy atom. The van der Waals surface area contributed by atoms with Gasteiger partial charge in [0, 0.05) is 10.0 Å². The lowest BCUT2D eigenvalue weighted by Crippen LogP contribution is -2.27. The highest BCUT2D eigenvalue weighted by molar-refractivity contribution is 9.10. The molecule has 0 unspecified atom stereocenters. The van der Waals surface area contributed by atoms with Gasteiger partial charge in [-0.2, -0.15) is 0 Å². The highest BCUT2D eigenvalue weighted by Gasteiger charge is 2.35. The van der Waals surface area contributed by atoms with Gasteiger partial charge < -0.3 is 4.74 Å². The minimum atomic E-state index is -0.279. The van der Waals surface area contributed by atoms with E-state index in [1.54, 1.807) is 6.08 Å². The van der Waals surface area contributed by atoms with Crippen LogP contribution in [0.15, 0.2) is 70.0 Å². The fraction of sp³-hybridized carbons (Fsp3) is 0.130. The maximum absolute atomic E-state index is 13.0. The molecule has 3 aromatic carbocycles. The molecule has 1 aliphatic heterocycles. The van der Waals surface area contributed by atoms with E-state index in [1.165, 1.54) is 4.90 Å². The molecule has 2 amide bonds. The first-order valence-corrected chi connectivity index (χ1v) is 10.8. The third kappa shape index (κ3) is 4.09. The lowest BCUT2D eigenvalue weighted by atomic mass is 10.0. The fourth-order valence-electron chi connectivity index (χ4n) is 3.25. The SMILES string of the molecule is CCOc1ccc2ccccc2c1/C=C1\SC(=O)N(Cc2ccc(Br)cc2)C1=O. The quantitative estimate of drug-likeness (QED) is 0.416. The zero-order chi connectivity index (χ0) is 20.4. The molecular weight excluding hydrogens is 450 g/mol. The number of carbonyl (C=O) groups is 2. The molecule has 1 saturated heterocycles. The van der Waals surface area contributed by atoms with Gasteiger partial charge in [-0.3, -0.25) is 14.5 Å². The zero-order valence-corrected chi connectivity index (χ0v) is 18.1. The molecule has 0 radical (unpaired) electrons. The van der Waals surface area contributed by atoms with Gasteiger partial charge in [-0.15, -0.1) is 0 Å². The average molecular weight is 468 g/mol. The second-order valence-electron chi connectivity index (χ2n) is 6.53. The molecule has 0 saturated carbocycles.